The van der Waals surface area contributed by atoms with E-state index in [0.29, 0.717) is 30.2 Å². The molecule has 0 N–H and O–H groups in total. The number of amides is 2. The Balaban J connectivity index is 1.70. The molecule has 37 heavy (non-hydrogen) atoms. The van der Waals surface area contributed by atoms with E-state index in [0.717, 1.165) is 22.9 Å². The normalized spacial score (nSPS) is 16.0. The van der Waals surface area contributed by atoms with Crippen molar-refractivity contribution in [3.8, 4) is 5.69 Å². The molecule has 1 atom stereocenters. The molecule has 9 heteroatoms. The number of pyridine rings is 1. The van der Waals surface area contributed by atoms with E-state index in [1.807, 2.05) is 45.4 Å². The van der Waals surface area contributed by atoms with Crippen LogP contribution in [0, 0.1) is 11.7 Å². The fourth-order valence-corrected chi connectivity index (χ4v) is 4.96. The van der Waals surface area contributed by atoms with Crippen LogP contribution in [0.1, 0.15) is 57.0 Å². The van der Waals surface area contributed by atoms with Crippen LogP contribution in [0.3, 0.4) is 0 Å². The Morgan fingerprint density at radius 3 is 2.68 bits per heavy atom. The van der Waals surface area contributed by atoms with Crippen LogP contribution in [0.5, 0.6) is 0 Å². The van der Waals surface area contributed by atoms with Crippen LogP contribution in [-0.4, -0.2) is 63.1 Å². The van der Waals surface area contributed by atoms with Gasteiger partial charge in [-0.3, -0.25) is 9.78 Å². The van der Waals surface area contributed by atoms with Crippen LogP contribution in [0.2, 0.25) is 5.02 Å². The second-order valence-electron chi connectivity index (χ2n) is 11.0. The van der Waals surface area contributed by atoms with Gasteiger partial charge in [0.1, 0.15) is 11.4 Å². The predicted molar refractivity (Wildman–Crippen MR) is 143 cm³/mol. The van der Waals surface area contributed by atoms with Gasteiger partial charge < -0.3 is 19.1 Å². The largest absolute Gasteiger partial charge is 0.444 e. The van der Waals surface area contributed by atoms with Crippen LogP contribution in [0.25, 0.3) is 16.6 Å². The van der Waals surface area contributed by atoms with Crippen LogP contribution in [0.15, 0.2) is 36.8 Å². The highest BCUT2D eigenvalue weighted by atomic mass is 35.5. The Labute approximate surface area is 222 Å². The minimum atomic E-state index is -0.545. The van der Waals surface area contributed by atoms with Gasteiger partial charge in [-0.15, -0.1) is 0 Å². The van der Waals surface area contributed by atoms with Crippen molar-refractivity contribution in [3.05, 3.63) is 58.8 Å². The molecule has 4 rings (SSSR count). The molecule has 0 bridgehead atoms. The molecule has 2 amide bonds. The SMILES string of the molecule is CC(C)N(C)C(=O)c1cc(F)ccc1-n1cc(C[C@@H]2CCN(C(=O)OC(C)(C)C)C2)c2c(Cl)cncc21. The molecule has 3 aromatic rings. The first kappa shape index (κ1) is 26.9. The number of fused-ring (bicyclic) bond motifs is 1. The molecule has 198 valence electrons. The third kappa shape index (κ3) is 5.74. The van der Waals surface area contributed by atoms with Crippen molar-refractivity contribution in [1.82, 2.24) is 19.4 Å². The summed E-state index contributed by atoms with van der Waals surface area (Å²) in [6, 6.07) is 4.18. The minimum absolute atomic E-state index is 0.0491. The summed E-state index contributed by atoms with van der Waals surface area (Å²) >= 11 is 6.62. The fourth-order valence-electron chi connectivity index (χ4n) is 4.69. The molecule has 0 radical (unpaired) electrons. The molecule has 0 unspecified atom stereocenters. The zero-order valence-electron chi connectivity index (χ0n) is 22.2. The number of nitrogens with zero attached hydrogens (tertiary/aromatic N) is 4. The van der Waals surface area contributed by atoms with Crippen LogP contribution >= 0.6 is 11.6 Å². The summed E-state index contributed by atoms with van der Waals surface area (Å²) in [5.41, 5.74) is 1.99. The number of halogens is 2. The topological polar surface area (TPSA) is 67.7 Å². The van der Waals surface area contributed by atoms with Gasteiger partial charge in [-0.2, -0.15) is 0 Å². The predicted octanol–water partition coefficient (Wildman–Crippen LogP) is 6.10. The van der Waals surface area contributed by atoms with Gasteiger partial charge in [0.15, 0.2) is 0 Å². The molecule has 1 aliphatic heterocycles. The second kappa shape index (κ2) is 10.3. The standard InChI is InChI=1S/C28H34ClFN4O3/c1-17(2)32(6)26(35)21-12-20(30)7-8-23(21)34-16-19(25-22(29)13-31-14-24(25)34)11-18-9-10-33(15-18)27(36)37-28(3,4)5/h7-8,12-14,16-18H,9-11,15H2,1-6H3/t18-/m0/s1. The zero-order chi connectivity index (χ0) is 27.1. The van der Waals surface area contributed by atoms with Crippen molar-refractivity contribution < 1.29 is 18.7 Å². The molecular formula is C28H34ClFN4O3. The monoisotopic (exact) mass is 528 g/mol. The summed E-state index contributed by atoms with van der Waals surface area (Å²) in [5, 5.41) is 1.34. The quantitative estimate of drug-likeness (QED) is 0.401. The third-order valence-electron chi connectivity index (χ3n) is 6.73. The molecule has 1 fully saturated rings. The third-order valence-corrected chi connectivity index (χ3v) is 7.02. The average Bonchev–Trinajstić information content (AvgIpc) is 3.43. The number of hydrogen-bond donors (Lipinski definition) is 0. The Kier molecular flexibility index (Phi) is 7.51. The lowest BCUT2D eigenvalue weighted by Crippen LogP contribution is -2.35. The molecule has 0 aliphatic carbocycles. The minimum Gasteiger partial charge on any atom is -0.444 e. The summed E-state index contributed by atoms with van der Waals surface area (Å²) in [6.45, 7) is 10.6. The van der Waals surface area contributed by atoms with Crippen molar-refractivity contribution >= 4 is 34.5 Å². The Hall–Kier alpha value is -3.13. The van der Waals surface area contributed by atoms with E-state index >= 15 is 0 Å². The summed E-state index contributed by atoms with van der Waals surface area (Å²) < 4.78 is 21.7. The molecule has 1 aliphatic rings. The van der Waals surface area contributed by atoms with E-state index in [4.69, 9.17) is 16.3 Å². The number of ether oxygens (including phenoxy) is 1. The van der Waals surface area contributed by atoms with E-state index in [2.05, 4.69) is 4.98 Å². The fraction of sp³-hybridized carbons (Fsp3) is 0.464. The highest BCUT2D eigenvalue weighted by molar-refractivity contribution is 6.35. The van der Waals surface area contributed by atoms with E-state index in [1.54, 1.807) is 35.3 Å². The maximum absolute atomic E-state index is 14.3. The van der Waals surface area contributed by atoms with Gasteiger partial charge in [0.2, 0.25) is 0 Å². The summed E-state index contributed by atoms with van der Waals surface area (Å²) in [5.74, 6) is -0.533. The highest BCUT2D eigenvalue weighted by Crippen LogP contribution is 2.34. The van der Waals surface area contributed by atoms with Gasteiger partial charge in [-0.05, 0) is 77.1 Å². The lowest BCUT2D eigenvalue weighted by Gasteiger charge is -2.24. The van der Waals surface area contributed by atoms with Crippen molar-refractivity contribution in [3.63, 3.8) is 0 Å². The van der Waals surface area contributed by atoms with Gasteiger partial charge in [0, 0.05) is 44.0 Å². The maximum atomic E-state index is 14.3. The summed E-state index contributed by atoms with van der Waals surface area (Å²) in [4.78, 5) is 33.4. The van der Waals surface area contributed by atoms with Gasteiger partial charge in [0.25, 0.3) is 5.91 Å². The first-order valence-electron chi connectivity index (χ1n) is 12.5. The molecule has 0 spiro atoms. The van der Waals surface area contributed by atoms with E-state index in [1.165, 1.54) is 12.1 Å². The van der Waals surface area contributed by atoms with Crippen LogP contribution < -0.4 is 0 Å². The number of rotatable bonds is 5. The molecule has 0 saturated carbocycles. The summed E-state index contributed by atoms with van der Waals surface area (Å²) in [6.07, 6.45) is 6.48. The number of benzene rings is 1. The number of aromatic nitrogens is 2. The van der Waals surface area contributed by atoms with E-state index in [9.17, 15) is 14.0 Å². The summed E-state index contributed by atoms with van der Waals surface area (Å²) in [7, 11) is 1.70. The lowest BCUT2D eigenvalue weighted by molar-refractivity contribution is 0.0288. The number of carbonyl (C=O) groups is 2. The zero-order valence-corrected chi connectivity index (χ0v) is 23.0. The number of hydrogen-bond acceptors (Lipinski definition) is 4. The molecular weight excluding hydrogens is 495 g/mol. The van der Waals surface area contributed by atoms with Crippen LogP contribution in [-0.2, 0) is 11.2 Å². The number of carbonyl (C=O) groups excluding carboxylic acids is 2. The van der Waals surface area contributed by atoms with E-state index < -0.39 is 11.4 Å². The highest BCUT2D eigenvalue weighted by Gasteiger charge is 2.31. The van der Waals surface area contributed by atoms with Gasteiger partial charge in [0.05, 0.1) is 28.0 Å². The Morgan fingerprint density at radius 1 is 1.27 bits per heavy atom. The van der Waals surface area contributed by atoms with Crippen molar-refractivity contribution in [2.24, 2.45) is 5.92 Å². The molecule has 7 nitrogen and oxygen atoms in total. The van der Waals surface area contributed by atoms with Crippen molar-refractivity contribution in [2.75, 3.05) is 20.1 Å². The second-order valence-corrected chi connectivity index (χ2v) is 11.4. The number of likely N-dealkylation sites (tertiary alicyclic amines) is 1. The Morgan fingerprint density at radius 2 is 2.00 bits per heavy atom. The van der Waals surface area contributed by atoms with Crippen LogP contribution in [0.4, 0.5) is 9.18 Å². The van der Waals surface area contributed by atoms with Gasteiger partial charge in [-0.1, -0.05) is 11.6 Å². The van der Waals surface area contributed by atoms with Gasteiger partial charge in [-0.25, -0.2) is 9.18 Å². The molecule has 3 heterocycles. The van der Waals surface area contributed by atoms with E-state index in [-0.39, 0.29) is 29.5 Å². The van der Waals surface area contributed by atoms with Crippen molar-refractivity contribution in [2.45, 2.75) is 59.1 Å². The van der Waals surface area contributed by atoms with Crippen molar-refractivity contribution in [1.29, 1.82) is 0 Å². The molecule has 1 aromatic carbocycles. The molecule has 1 saturated heterocycles. The molecule has 2 aromatic heterocycles. The average molecular weight is 529 g/mol. The smallest absolute Gasteiger partial charge is 0.410 e. The first-order chi connectivity index (χ1) is 17.4. The maximum Gasteiger partial charge on any atom is 0.410 e. The Bertz CT molecular complexity index is 1330. The van der Waals surface area contributed by atoms with Gasteiger partial charge >= 0.3 is 6.09 Å². The first-order valence-corrected chi connectivity index (χ1v) is 12.9. The lowest BCUT2D eigenvalue weighted by atomic mass is 9.99.